The van der Waals surface area contributed by atoms with Crippen LogP contribution in [0.1, 0.15) is 89.7 Å². The van der Waals surface area contributed by atoms with Gasteiger partial charge in [-0.25, -0.2) is 4.39 Å². The van der Waals surface area contributed by atoms with Gasteiger partial charge in [-0.15, -0.1) is 0 Å². The van der Waals surface area contributed by atoms with E-state index in [0.29, 0.717) is 41.6 Å². The number of nitrogens with zero attached hydrogens (tertiary/aromatic N) is 2. The summed E-state index contributed by atoms with van der Waals surface area (Å²) in [5.41, 5.74) is 2.08. The van der Waals surface area contributed by atoms with E-state index in [1.165, 1.54) is 6.07 Å². The molecule has 0 aliphatic carbocycles. The monoisotopic (exact) mass is 582 g/mol. The number of fused-ring (bicyclic) bond motifs is 1. The Hall–Kier alpha value is -3.13. The first-order valence-electron chi connectivity index (χ1n) is 15.6. The van der Waals surface area contributed by atoms with Crippen LogP contribution in [-0.4, -0.2) is 53.8 Å². The van der Waals surface area contributed by atoms with Gasteiger partial charge >= 0.3 is 5.97 Å². The van der Waals surface area contributed by atoms with Gasteiger partial charge in [0.25, 0.3) is 0 Å². The van der Waals surface area contributed by atoms with Crippen LogP contribution in [-0.2, 0) is 9.59 Å². The Morgan fingerprint density at radius 1 is 1.02 bits per heavy atom. The molecule has 8 heteroatoms. The second-order valence-electron chi connectivity index (χ2n) is 12.1. The van der Waals surface area contributed by atoms with E-state index in [4.69, 9.17) is 9.47 Å². The Labute approximate surface area is 250 Å². The molecule has 0 saturated carbocycles. The maximum Gasteiger partial charge on any atom is 0.308 e. The van der Waals surface area contributed by atoms with Crippen LogP contribution < -0.4 is 14.4 Å². The molecule has 2 heterocycles. The molecule has 1 N–H and O–H groups in total. The number of anilines is 1. The molecule has 2 aliphatic heterocycles. The van der Waals surface area contributed by atoms with Crippen molar-refractivity contribution in [1.82, 2.24) is 4.90 Å². The minimum absolute atomic E-state index is 0.0163. The van der Waals surface area contributed by atoms with Crippen molar-refractivity contribution in [2.24, 2.45) is 11.8 Å². The van der Waals surface area contributed by atoms with Gasteiger partial charge in [0.1, 0.15) is 5.82 Å². The molecular weight excluding hydrogens is 535 g/mol. The molecule has 42 heavy (non-hydrogen) atoms. The van der Waals surface area contributed by atoms with Crippen molar-refractivity contribution in [2.75, 3.05) is 24.8 Å². The van der Waals surface area contributed by atoms with Gasteiger partial charge in [0.15, 0.2) is 11.5 Å². The predicted molar refractivity (Wildman–Crippen MR) is 163 cm³/mol. The van der Waals surface area contributed by atoms with E-state index in [1.807, 2.05) is 23.1 Å². The van der Waals surface area contributed by atoms with Gasteiger partial charge in [-0.05, 0) is 73.6 Å². The average Bonchev–Trinajstić information content (AvgIpc) is 3.55. The Morgan fingerprint density at radius 3 is 2.36 bits per heavy atom. The largest absolute Gasteiger partial charge is 0.481 e. The molecule has 2 aromatic rings. The molecule has 2 aliphatic rings. The number of likely N-dealkylation sites (tertiary alicyclic amines) is 1. The normalized spacial score (nSPS) is 20.7. The van der Waals surface area contributed by atoms with Crippen molar-refractivity contribution in [1.29, 1.82) is 0 Å². The number of carbonyl (C=O) groups excluding carboxylic acids is 1. The van der Waals surface area contributed by atoms with Crippen LogP contribution in [0.3, 0.4) is 0 Å². The number of aliphatic carboxylic acids is 1. The van der Waals surface area contributed by atoms with Gasteiger partial charge in [0, 0.05) is 30.2 Å². The summed E-state index contributed by atoms with van der Waals surface area (Å²) in [5, 5.41) is 10.6. The quantitative estimate of drug-likeness (QED) is 0.255. The van der Waals surface area contributed by atoms with Gasteiger partial charge in [0.2, 0.25) is 12.7 Å². The molecule has 0 radical (unpaired) electrons. The third-order valence-corrected chi connectivity index (χ3v) is 8.92. The smallest absolute Gasteiger partial charge is 0.308 e. The van der Waals surface area contributed by atoms with E-state index in [1.54, 1.807) is 19.1 Å². The Morgan fingerprint density at radius 2 is 1.71 bits per heavy atom. The van der Waals surface area contributed by atoms with E-state index >= 15 is 0 Å². The number of ether oxygens (including phenoxy) is 2. The highest BCUT2D eigenvalue weighted by Crippen LogP contribution is 2.44. The predicted octanol–water partition coefficient (Wildman–Crippen LogP) is 7.16. The lowest BCUT2D eigenvalue weighted by atomic mass is 9.81. The Kier molecular flexibility index (Phi) is 10.9. The molecule has 7 nitrogen and oxygen atoms in total. The third-order valence-electron chi connectivity index (χ3n) is 8.92. The number of hydrogen-bond acceptors (Lipinski definition) is 5. The number of rotatable bonds is 14. The molecule has 2 aromatic carbocycles. The average molecular weight is 583 g/mol. The Balaban J connectivity index is 1.70. The number of carboxylic acids is 1. The summed E-state index contributed by atoms with van der Waals surface area (Å²) in [6, 6.07) is 10.2. The molecule has 0 spiro atoms. The fraction of sp³-hybridized carbons (Fsp3) is 0.588. The van der Waals surface area contributed by atoms with E-state index in [0.717, 1.165) is 44.1 Å². The lowest BCUT2D eigenvalue weighted by Crippen LogP contribution is -2.48. The summed E-state index contributed by atoms with van der Waals surface area (Å²) in [6.07, 6.45) is 6.22. The highest BCUT2D eigenvalue weighted by Gasteiger charge is 2.48. The molecule has 0 bridgehead atoms. The highest BCUT2D eigenvalue weighted by atomic mass is 19.1. The lowest BCUT2D eigenvalue weighted by molar-refractivity contribution is -0.143. The molecule has 1 fully saturated rings. The van der Waals surface area contributed by atoms with Crippen molar-refractivity contribution in [3.8, 4) is 11.5 Å². The first-order chi connectivity index (χ1) is 20.2. The van der Waals surface area contributed by atoms with Crippen LogP contribution in [0.2, 0.25) is 0 Å². The fourth-order valence-electron chi connectivity index (χ4n) is 6.95. The summed E-state index contributed by atoms with van der Waals surface area (Å²) >= 11 is 0. The number of hydrogen-bond donors (Lipinski definition) is 1. The van der Waals surface area contributed by atoms with Gasteiger partial charge < -0.3 is 19.5 Å². The van der Waals surface area contributed by atoms with Crippen molar-refractivity contribution in [3.63, 3.8) is 0 Å². The van der Waals surface area contributed by atoms with Gasteiger partial charge in [-0.1, -0.05) is 59.4 Å². The molecule has 4 atom stereocenters. The van der Waals surface area contributed by atoms with Crippen LogP contribution in [0.15, 0.2) is 36.4 Å². The number of carboxylic acid groups (broad SMARTS) is 1. The Bertz CT molecular complexity index is 1230. The number of halogens is 1. The van der Waals surface area contributed by atoms with Crippen molar-refractivity contribution in [3.05, 3.63) is 53.3 Å². The van der Waals surface area contributed by atoms with E-state index in [9.17, 15) is 19.1 Å². The minimum Gasteiger partial charge on any atom is -0.481 e. The lowest BCUT2D eigenvalue weighted by Gasteiger charge is -2.35. The zero-order chi connectivity index (χ0) is 30.4. The van der Waals surface area contributed by atoms with Gasteiger partial charge in [-0.2, -0.15) is 0 Å². The molecule has 1 amide bonds. The van der Waals surface area contributed by atoms with Crippen molar-refractivity contribution >= 4 is 17.6 Å². The van der Waals surface area contributed by atoms with Crippen LogP contribution in [0.5, 0.6) is 11.5 Å². The number of carbonyl (C=O) groups is 2. The highest BCUT2D eigenvalue weighted by molar-refractivity contribution is 5.95. The van der Waals surface area contributed by atoms with E-state index < -0.39 is 11.9 Å². The third kappa shape index (κ3) is 7.08. The minimum atomic E-state index is -0.845. The van der Waals surface area contributed by atoms with E-state index in [2.05, 4.69) is 32.6 Å². The molecule has 230 valence electrons. The fourth-order valence-corrected chi connectivity index (χ4v) is 6.95. The number of benzene rings is 2. The van der Waals surface area contributed by atoms with Gasteiger partial charge in [-0.3, -0.25) is 14.5 Å². The second-order valence-corrected chi connectivity index (χ2v) is 12.1. The van der Waals surface area contributed by atoms with Crippen molar-refractivity contribution < 1.29 is 28.6 Å². The van der Waals surface area contributed by atoms with Gasteiger partial charge in [0.05, 0.1) is 12.5 Å². The zero-order valence-electron chi connectivity index (χ0n) is 25.8. The molecular formula is C34H47FN2O5. The summed E-state index contributed by atoms with van der Waals surface area (Å²) in [6.45, 7) is 11.0. The summed E-state index contributed by atoms with van der Waals surface area (Å²) in [7, 11) is 0. The maximum absolute atomic E-state index is 14.3. The molecule has 2 unspecified atom stereocenters. The second kappa shape index (κ2) is 14.4. The SMILES string of the molecule is CCCC(C)C[C@H]1C(C(=O)O)[C@@H](c2ccc3c(c2)OCO3)CN1CC(=O)N(c1ccc(F)c(C)c1)C(CCC)CCC. The van der Waals surface area contributed by atoms with Crippen LogP contribution in [0.25, 0.3) is 0 Å². The maximum atomic E-state index is 14.3. The standard InChI is InChI=1S/C34H47FN2O5/c1-6-9-22(4)16-29-33(34(39)40)27(24-12-15-30-31(18-24)42-21-41-30)19-36(29)20-32(38)37(25(10-7-2)11-8-3)26-13-14-28(35)23(5)17-26/h12-15,17-18,22,25,27,29,33H,6-11,16,19-21H2,1-5H3,(H,39,40)/t22?,27-,29+,33?/m1/s1. The summed E-state index contributed by atoms with van der Waals surface area (Å²) in [4.78, 5) is 31.2. The molecule has 4 rings (SSSR count). The summed E-state index contributed by atoms with van der Waals surface area (Å²) < 4.78 is 25.3. The van der Waals surface area contributed by atoms with Crippen molar-refractivity contribution in [2.45, 2.75) is 97.6 Å². The zero-order valence-corrected chi connectivity index (χ0v) is 25.8. The van der Waals surface area contributed by atoms with Crippen LogP contribution in [0.4, 0.5) is 10.1 Å². The number of amides is 1. The number of aryl methyl sites for hydroxylation is 1. The van der Waals surface area contributed by atoms with E-state index in [-0.39, 0.29) is 43.1 Å². The first kappa shape index (κ1) is 31.8. The topological polar surface area (TPSA) is 79.3 Å². The molecule has 1 saturated heterocycles. The first-order valence-corrected chi connectivity index (χ1v) is 15.6. The molecule has 0 aromatic heterocycles. The van der Waals surface area contributed by atoms with Crippen LogP contribution in [0, 0.1) is 24.6 Å². The summed E-state index contributed by atoms with van der Waals surface area (Å²) in [5.74, 6) is -0.575. The van der Waals surface area contributed by atoms with Crippen LogP contribution >= 0.6 is 0 Å².